The Labute approximate surface area is 156 Å². The molecule has 1 amide bonds. The van der Waals surface area contributed by atoms with Crippen LogP contribution in [0.1, 0.15) is 38.3 Å². The van der Waals surface area contributed by atoms with Crippen LogP contribution in [0.2, 0.25) is 0 Å². The average Bonchev–Trinajstić information content (AvgIpc) is 2.92. The molecule has 1 aromatic carbocycles. The fourth-order valence-electron chi connectivity index (χ4n) is 2.90. The van der Waals surface area contributed by atoms with Crippen molar-refractivity contribution in [2.45, 2.75) is 51.4 Å². The molecule has 0 fully saturated rings. The van der Waals surface area contributed by atoms with Crippen LogP contribution >= 0.6 is 0 Å². The molecule has 2 aromatic rings. The number of fused-ring (bicyclic) bond motifs is 1. The maximum Gasteiger partial charge on any atom is 0.233 e. The number of hydrogen-bond donors (Lipinski definition) is 1. The molecule has 7 heteroatoms. The molecule has 26 heavy (non-hydrogen) atoms. The highest BCUT2D eigenvalue weighted by Crippen LogP contribution is 2.34. The van der Waals surface area contributed by atoms with Crippen molar-refractivity contribution in [1.82, 2.24) is 9.97 Å². The molecule has 0 radical (unpaired) electrons. The van der Waals surface area contributed by atoms with Gasteiger partial charge in [0.05, 0.1) is 23.8 Å². The first-order valence-electron chi connectivity index (χ1n) is 8.89. The lowest BCUT2D eigenvalue weighted by atomic mass is 10.2. The van der Waals surface area contributed by atoms with Gasteiger partial charge in [-0.25, -0.2) is 9.97 Å². The van der Waals surface area contributed by atoms with Crippen LogP contribution in [0, 0.1) is 0 Å². The van der Waals surface area contributed by atoms with Gasteiger partial charge in [-0.05, 0) is 25.8 Å². The van der Waals surface area contributed by atoms with Crippen molar-refractivity contribution in [3.8, 4) is 0 Å². The molecule has 6 nitrogen and oxygen atoms in total. The van der Waals surface area contributed by atoms with E-state index in [0.717, 1.165) is 17.5 Å². The van der Waals surface area contributed by atoms with E-state index in [1.54, 1.807) is 4.90 Å². The van der Waals surface area contributed by atoms with E-state index >= 15 is 0 Å². The molecule has 1 unspecified atom stereocenters. The van der Waals surface area contributed by atoms with E-state index in [1.807, 2.05) is 51.1 Å². The predicted octanol–water partition coefficient (Wildman–Crippen LogP) is 2.90. The van der Waals surface area contributed by atoms with Crippen molar-refractivity contribution < 1.29 is 9.00 Å². The summed E-state index contributed by atoms with van der Waals surface area (Å²) in [5, 5.41) is 3.58. The Morgan fingerprint density at radius 2 is 1.96 bits per heavy atom. The molecule has 138 valence electrons. The summed E-state index contributed by atoms with van der Waals surface area (Å²) in [5.41, 5.74) is 1.82. The second kappa shape index (κ2) is 7.95. The van der Waals surface area contributed by atoms with Crippen LogP contribution in [0.5, 0.6) is 0 Å². The van der Waals surface area contributed by atoms with Crippen LogP contribution in [0.25, 0.3) is 0 Å². The maximum absolute atomic E-state index is 12.6. The molecule has 0 spiro atoms. The summed E-state index contributed by atoms with van der Waals surface area (Å²) in [6.07, 6.45) is 1.05. The maximum atomic E-state index is 12.6. The Hall–Kier alpha value is -2.28. The number of nitrogens with one attached hydrogen (secondary N) is 1. The summed E-state index contributed by atoms with van der Waals surface area (Å²) >= 11 is 0. The number of carbonyl (C=O) groups excluding carboxylic acids is 1. The third kappa shape index (κ3) is 3.93. The molecule has 0 aliphatic carbocycles. The Kier molecular flexibility index (Phi) is 5.66. The highest BCUT2D eigenvalue weighted by molar-refractivity contribution is 7.84. The van der Waals surface area contributed by atoms with Crippen molar-refractivity contribution in [2.24, 2.45) is 0 Å². The smallest absolute Gasteiger partial charge is 0.233 e. The van der Waals surface area contributed by atoms with Crippen LogP contribution < -0.4 is 10.2 Å². The summed E-state index contributed by atoms with van der Waals surface area (Å²) in [6, 6.07) is 9.96. The first-order chi connectivity index (χ1) is 12.5. The van der Waals surface area contributed by atoms with Gasteiger partial charge in [0.15, 0.2) is 0 Å². The molecule has 0 saturated heterocycles. The average molecular weight is 372 g/mol. The van der Waals surface area contributed by atoms with Crippen molar-refractivity contribution in [1.29, 1.82) is 0 Å². The number of benzene rings is 1. The number of carbonyl (C=O) groups is 1. The first-order valence-corrected chi connectivity index (χ1v) is 10.2. The van der Waals surface area contributed by atoms with Gasteiger partial charge in [0, 0.05) is 17.4 Å². The minimum atomic E-state index is -1.27. The number of aromatic nitrogens is 2. The van der Waals surface area contributed by atoms with E-state index in [9.17, 15) is 9.00 Å². The van der Waals surface area contributed by atoms with Gasteiger partial charge in [-0.2, -0.15) is 0 Å². The highest BCUT2D eigenvalue weighted by atomic mass is 32.2. The zero-order valence-corrected chi connectivity index (χ0v) is 16.2. The summed E-state index contributed by atoms with van der Waals surface area (Å²) in [5.74, 6) is 1.69. The Morgan fingerprint density at radius 3 is 2.62 bits per heavy atom. The van der Waals surface area contributed by atoms with E-state index in [-0.39, 0.29) is 18.4 Å². The number of hydrogen-bond acceptors (Lipinski definition) is 5. The Balaban J connectivity index is 2.02. The lowest BCUT2D eigenvalue weighted by Crippen LogP contribution is -2.27. The lowest BCUT2D eigenvalue weighted by Gasteiger charge is -2.18. The zero-order chi connectivity index (χ0) is 18.7. The molecule has 1 aliphatic rings. The summed E-state index contributed by atoms with van der Waals surface area (Å²) < 4.78 is 12.5. The van der Waals surface area contributed by atoms with E-state index in [0.29, 0.717) is 29.1 Å². The molecular weight excluding hydrogens is 348 g/mol. The molecular formula is C19H24N4O2S. The van der Waals surface area contributed by atoms with Crippen LogP contribution in [0.3, 0.4) is 0 Å². The minimum absolute atomic E-state index is 0.0108. The van der Waals surface area contributed by atoms with Crippen LogP contribution in [-0.2, 0) is 28.6 Å². The van der Waals surface area contributed by atoms with Crippen LogP contribution in [-0.4, -0.2) is 31.9 Å². The van der Waals surface area contributed by atoms with Crippen LogP contribution in [0.4, 0.5) is 11.6 Å². The largest absolute Gasteiger partial charge is 0.367 e. The first kappa shape index (κ1) is 18.5. The predicted molar refractivity (Wildman–Crippen MR) is 104 cm³/mol. The summed E-state index contributed by atoms with van der Waals surface area (Å²) in [4.78, 5) is 23.3. The van der Waals surface area contributed by atoms with Gasteiger partial charge in [-0.3, -0.25) is 13.9 Å². The van der Waals surface area contributed by atoms with Gasteiger partial charge >= 0.3 is 0 Å². The van der Waals surface area contributed by atoms with Gasteiger partial charge in [-0.15, -0.1) is 0 Å². The molecule has 1 aliphatic heterocycles. The van der Waals surface area contributed by atoms with Gasteiger partial charge in [0.2, 0.25) is 11.1 Å². The van der Waals surface area contributed by atoms with Crippen molar-refractivity contribution in [2.75, 3.05) is 16.0 Å². The normalized spacial score (nSPS) is 14.6. The molecule has 3 rings (SSSR count). The lowest BCUT2D eigenvalue weighted by molar-refractivity contribution is -0.117. The number of rotatable bonds is 7. The highest BCUT2D eigenvalue weighted by Gasteiger charge is 2.33. The molecule has 2 heterocycles. The second-order valence-corrected chi connectivity index (χ2v) is 8.11. The van der Waals surface area contributed by atoms with Crippen LogP contribution in [0.15, 0.2) is 35.5 Å². The summed E-state index contributed by atoms with van der Waals surface area (Å²) in [6.45, 7) is 6.44. The monoisotopic (exact) mass is 372 g/mol. The third-order valence-corrected chi connectivity index (χ3v) is 5.42. The minimum Gasteiger partial charge on any atom is -0.367 e. The van der Waals surface area contributed by atoms with Gasteiger partial charge in [0.1, 0.15) is 11.6 Å². The number of anilines is 2. The third-order valence-electron chi connectivity index (χ3n) is 4.05. The van der Waals surface area contributed by atoms with E-state index in [1.165, 1.54) is 0 Å². The Bertz CT molecular complexity index is 824. The number of amides is 1. The van der Waals surface area contributed by atoms with Crippen molar-refractivity contribution in [3.63, 3.8) is 0 Å². The van der Waals surface area contributed by atoms with Crippen molar-refractivity contribution >= 4 is 28.3 Å². The van der Waals surface area contributed by atoms with E-state index < -0.39 is 10.8 Å². The van der Waals surface area contributed by atoms with E-state index in [4.69, 9.17) is 0 Å². The van der Waals surface area contributed by atoms with Gasteiger partial charge < -0.3 is 5.32 Å². The molecule has 0 saturated carbocycles. The Morgan fingerprint density at radius 1 is 1.23 bits per heavy atom. The van der Waals surface area contributed by atoms with Crippen molar-refractivity contribution in [3.05, 3.63) is 41.5 Å². The quantitative estimate of drug-likeness (QED) is 0.757. The fourth-order valence-corrected chi connectivity index (χ4v) is 3.84. The molecule has 1 atom stereocenters. The SMILES string of the molecule is CCCS(=O)c1nc(NC(C)C)c2c(n1)N(Cc1ccccc1)C(=O)C2. The second-order valence-electron chi connectivity index (χ2n) is 6.65. The number of nitrogens with zero attached hydrogens (tertiary/aromatic N) is 3. The standard InChI is InChI=1S/C19H24N4O2S/c1-4-10-26(25)19-21-17(20-13(2)3)15-11-16(24)23(18(15)22-19)12-14-8-6-5-7-9-14/h5-9,13H,4,10-12H2,1-3H3,(H,20,21,22). The topological polar surface area (TPSA) is 75.2 Å². The van der Waals surface area contributed by atoms with Gasteiger partial charge in [-0.1, -0.05) is 37.3 Å². The molecule has 1 N–H and O–H groups in total. The summed E-state index contributed by atoms with van der Waals surface area (Å²) in [7, 11) is -1.27. The van der Waals surface area contributed by atoms with E-state index in [2.05, 4.69) is 15.3 Å². The molecule has 0 bridgehead atoms. The molecule has 1 aromatic heterocycles. The zero-order valence-electron chi connectivity index (χ0n) is 15.4. The fraction of sp³-hybridized carbons (Fsp3) is 0.421. The van der Waals surface area contributed by atoms with Gasteiger partial charge in [0.25, 0.3) is 0 Å².